The first-order chi connectivity index (χ1) is 13.9. The van der Waals surface area contributed by atoms with Gasteiger partial charge in [0.1, 0.15) is 5.82 Å². The summed E-state index contributed by atoms with van der Waals surface area (Å²) in [4.78, 5) is 23.7. The molecule has 1 heterocycles. The molecule has 136 valence electrons. The molecule has 0 fully saturated rings. The molecular formula is C24H19N3O. The second-order valence-electron chi connectivity index (χ2n) is 7.31. The summed E-state index contributed by atoms with van der Waals surface area (Å²) in [5, 5.41) is 5.11. The molecule has 1 aromatic heterocycles. The molecule has 0 bridgehead atoms. The van der Waals surface area contributed by atoms with Gasteiger partial charge in [-0.1, -0.05) is 48.5 Å². The Labute approximate surface area is 163 Å². The van der Waals surface area contributed by atoms with Gasteiger partial charge in [0.05, 0.1) is 6.54 Å². The molecule has 1 aliphatic rings. The molecule has 1 aliphatic carbocycles. The SMILES string of the molecule is O=C=NCC1c2ccc3c(ccc4ccccc43)c2CCC1c1ncccn1. The van der Waals surface area contributed by atoms with Crippen LogP contribution in [0.15, 0.2) is 72.0 Å². The number of carbonyl (C=O) groups excluding carboxylic acids is 1. The van der Waals surface area contributed by atoms with E-state index in [1.54, 1.807) is 18.5 Å². The predicted molar refractivity (Wildman–Crippen MR) is 110 cm³/mol. The van der Waals surface area contributed by atoms with Crippen molar-refractivity contribution in [3.8, 4) is 0 Å². The summed E-state index contributed by atoms with van der Waals surface area (Å²) in [5.74, 6) is 1.07. The quantitative estimate of drug-likeness (QED) is 0.294. The number of fused-ring (bicyclic) bond motifs is 5. The molecular weight excluding hydrogens is 346 g/mol. The second-order valence-corrected chi connectivity index (χ2v) is 7.31. The summed E-state index contributed by atoms with van der Waals surface area (Å²) < 4.78 is 0. The summed E-state index contributed by atoms with van der Waals surface area (Å²) in [6, 6.07) is 19.2. The lowest BCUT2D eigenvalue weighted by molar-refractivity contribution is 0.460. The highest BCUT2D eigenvalue weighted by Gasteiger charge is 2.33. The summed E-state index contributed by atoms with van der Waals surface area (Å²) in [7, 11) is 0. The minimum Gasteiger partial charge on any atom is -0.241 e. The van der Waals surface area contributed by atoms with Crippen molar-refractivity contribution < 1.29 is 4.79 Å². The zero-order chi connectivity index (χ0) is 18.9. The Bertz CT molecular complexity index is 1210. The molecule has 2 unspecified atom stereocenters. The van der Waals surface area contributed by atoms with Crippen LogP contribution in [0, 0.1) is 0 Å². The molecule has 4 heteroatoms. The molecule has 0 saturated carbocycles. The fraction of sp³-hybridized carbons (Fsp3) is 0.208. The number of aryl methyl sites for hydroxylation is 1. The van der Waals surface area contributed by atoms with E-state index in [0.717, 1.165) is 18.7 Å². The summed E-state index contributed by atoms with van der Waals surface area (Å²) >= 11 is 0. The zero-order valence-corrected chi connectivity index (χ0v) is 15.4. The molecule has 4 aromatic rings. The lowest BCUT2D eigenvalue weighted by Gasteiger charge is -2.32. The van der Waals surface area contributed by atoms with E-state index in [0.29, 0.717) is 6.54 Å². The molecule has 0 amide bonds. The van der Waals surface area contributed by atoms with Gasteiger partial charge in [0.2, 0.25) is 6.08 Å². The van der Waals surface area contributed by atoms with Gasteiger partial charge < -0.3 is 0 Å². The largest absolute Gasteiger partial charge is 0.241 e. The van der Waals surface area contributed by atoms with Gasteiger partial charge in [-0.25, -0.2) is 19.8 Å². The molecule has 2 atom stereocenters. The number of rotatable bonds is 3. The van der Waals surface area contributed by atoms with Crippen LogP contribution < -0.4 is 0 Å². The van der Waals surface area contributed by atoms with Crippen LogP contribution in [-0.2, 0) is 11.2 Å². The molecule has 3 aromatic carbocycles. The molecule has 5 rings (SSSR count). The lowest BCUT2D eigenvalue weighted by Crippen LogP contribution is -2.23. The smallest absolute Gasteiger partial charge is 0.234 e. The molecule has 4 nitrogen and oxygen atoms in total. The van der Waals surface area contributed by atoms with Crippen LogP contribution in [0.3, 0.4) is 0 Å². The maximum absolute atomic E-state index is 10.8. The Morgan fingerprint density at radius 2 is 1.75 bits per heavy atom. The second kappa shape index (κ2) is 6.99. The highest BCUT2D eigenvalue weighted by Crippen LogP contribution is 2.44. The van der Waals surface area contributed by atoms with E-state index in [4.69, 9.17) is 0 Å². The first-order valence-corrected chi connectivity index (χ1v) is 9.60. The molecule has 0 aliphatic heterocycles. The number of aromatic nitrogens is 2. The summed E-state index contributed by atoms with van der Waals surface area (Å²) in [6.07, 6.45) is 7.19. The standard InChI is InChI=1S/C24H19N3O/c28-15-25-14-23-21-9-8-18-17-5-2-1-4-16(17)6-7-19(18)20(21)10-11-22(23)24-26-12-3-13-27-24/h1-9,12-13,22-23H,10-11,14H2. The van der Waals surface area contributed by atoms with E-state index in [2.05, 4.69) is 63.5 Å². The van der Waals surface area contributed by atoms with Gasteiger partial charge in [0.15, 0.2) is 0 Å². The van der Waals surface area contributed by atoms with Crippen molar-refractivity contribution in [1.82, 2.24) is 9.97 Å². The monoisotopic (exact) mass is 365 g/mol. The topological polar surface area (TPSA) is 55.2 Å². The van der Waals surface area contributed by atoms with Crippen molar-refractivity contribution in [1.29, 1.82) is 0 Å². The van der Waals surface area contributed by atoms with Gasteiger partial charge >= 0.3 is 0 Å². The van der Waals surface area contributed by atoms with E-state index in [-0.39, 0.29) is 11.8 Å². The van der Waals surface area contributed by atoms with Crippen molar-refractivity contribution in [2.24, 2.45) is 4.99 Å². The van der Waals surface area contributed by atoms with E-state index >= 15 is 0 Å². The van der Waals surface area contributed by atoms with Crippen LogP contribution in [0.25, 0.3) is 21.5 Å². The lowest BCUT2D eigenvalue weighted by atomic mass is 9.73. The van der Waals surface area contributed by atoms with Gasteiger partial charge in [-0.15, -0.1) is 0 Å². The van der Waals surface area contributed by atoms with E-state index in [1.807, 2.05) is 6.07 Å². The Hall–Kier alpha value is -3.36. The first-order valence-electron chi connectivity index (χ1n) is 9.60. The van der Waals surface area contributed by atoms with Gasteiger partial charge in [0, 0.05) is 24.2 Å². The molecule has 0 saturated heterocycles. The van der Waals surface area contributed by atoms with Crippen LogP contribution >= 0.6 is 0 Å². The van der Waals surface area contributed by atoms with E-state index in [1.165, 1.54) is 32.7 Å². The maximum atomic E-state index is 10.8. The highest BCUT2D eigenvalue weighted by atomic mass is 16.1. The molecule has 28 heavy (non-hydrogen) atoms. The average Bonchev–Trinajstić information content (AvgIpc) is 2.77. The third-order valence-corrected chi connectivity index (χ3v) is 5.93. The Balaban J connectivity index is 1.70. The van der Waals surface area contributed by atoms with Gasteiger partial charge in [0.25, 0.3) is 0 Å². The first kappa shape index (κ1) is 16.8. The number of isocyanates is 1. The number of hydrogen-bond acceptors (Lipinski definition) is 4. The van der Waals surface area contributed by atoms with Crippen LogP contribution in [0.4, 0.5) is 0 Å². The van der Waals surface area contributed by atoms with Crippen molar-refractivity contribution in [3.05, 3.63) is 83.9 Å². The van der Waals surface area contributed by atoms with Gasteiger partial charge in [-0.05, 0) is 51.6 Å². The van der Waals surface area contributed by atoms with E-state index < -0.39 is 0 Å². The third kappa shape index (κ3) is 2.70. The molecule has 0 radical (unpaired) electrons. The highest BCUT2D eigenvalue weighted by molar-refractivity contribution is 6.08. The number of hydrogen-bond donors (Lipinski definition) is 0. The molecule has 0 spiro atoms. The number of nitrogens with zero attached hydrogens (tertiary/aromatic N) is 3. The van der Waals surface area contributed by atoms with Gasteiger partial charge in [-0.3, -0.25) is 0 Å². The summed E-state index contributed by atoms with van der Waals surface area (Å²) in [5.41, 5.74) is 2.62. The predicted octanol–water partition coefficient (Wildman–Crippen LogP) is 4.93. The Morgan fingerprint density at radius 3 is 2.61 bits per heavy atom. The zero-order valence-electron chi connectivity index (χ0n) is 15.4. The Morgan fingerprint density at radius 1 is 0.929 bits per heavy atom. The fourth-order valence-corrected chi connectivity index (χ4v) is 4.68. The van der Waals surface area contributed by atoms with E-state index in [9.17, 15) is 4.79 Å². The van der Waals surface area contributed by atoms with Crippen LogP contribution in [0.5, 0.6) is 0 Å². The van der Waals surface area contributed by atoms with Crippen molar-refractivity contribution in [2.75, 3.05) is 6.54 Å². The number of benzene rings is 3. The van der Waals surface area contributed by atoms with Crippen molar-refractivity contribution in [2.45, 2.75) is 24.7 Å². The normalized spacial score (nSPS) is 18.6. The number of aliphatic imine (C=N–C) groups is 1. The third-order valence-electron chi connectivity index (χ3n) is 5.93. The van der Waals surface area contributed by atoms with Crippen LogP contribution in [0.2, 0.25) is 0 Å². The average molecular weight is 365 g/mol. The Kier molecular flexibility index (Phi) is 4.19. The minimum atomic E-state index is 0.0865. The van der Waals surface area contributed by atoms with Gasteiger partial charge in [-0.2, -0.15) is 0 Å². The summed E-state index contributed by atoms with van der Waals surface area (Å²) in [6.45, 7) is 0.415. The van der Waals surface area contributed by atoms with Crippen LogP contribution in [-0.4, -0.2) is 22.6 Å². The minimum absolute atomic E-state index is 0.0865. The molecule has 0 N–H and O–H groups in total. The maximum Gasteiger partial charge on any atom is 0.234 e. The van der Waals surface area contributed by atoms with Crippen LogP contribution in [0.1, 0.15) is 35.2 Å². The van der Waals surface area contributed by atoms with Crippen molar-refractivity contribution in [3.63, 3.8) is 0 Å². The fourth-order valence-electron chi connectivity index (χ4n) is 4.68. The van der Waals surface area contributed by atoms with Crippen molar-refractivity contribution >= 4 is 27.6 Å².